The third-order valence-corrected chi connectivity index (χ3v) is 12.4. The fourth-order valence-corrected chi connectivity index (χ4v) is 9.82. The molecule has 264 valence electrons. The van der Waals surface area contributed by atoms with E-state index in [1.54, 1.807) is 0 Å². The molecule has 0 N–H and O–H groups in total. The van der Waals surface area contributed by atoms with Crippen LogP contribution in [0.1, 0.15) is 47.2 Å². The van der Waals surface area contributed by atoms with Gasteiger partial charge in [-0.1, -0.05) is 190 Å². The number of aromatic nitrogens is 2. The van der Waals surface area contributed by atoms with Crippen molar-refractivity contribution < 1.29 is 0 Å². The molecule has 2 nitrogen and oxygen atoms in total. The normalized spacial score (nSPS) is 14.2. The lowest BCUT2D eigenvalue weighted by atomic mass is 9.67. The van der Waals surface area contributed by atoms with Gasteiger partial charge in [0, 0.05) is 21.9 Å². The maximum Gasteiger partial charge on any atom is 0.160 e. The SMILES string of the molecule is CC1(C)c2ccccc2-c2c1ccc1nc(-c3cccc(-c4ccc5c(c4)-c4ccccc4C5(c4ccccc4)c4ccccc4)c3)nc(-c3ccccc3)c21. The molecule has 8 aromatic carbocycles. The third-order valence-electron chi connectivity index (χ3n) is 12.4. The van der Waals surface area contributed by atoms with Gasteiger partial charge < -0.3 is 0 Å². The van der Waals surface area contributed by atoms with E-state index in [0.29, 0.717) is 0 Å². The van der Waals surface area contributed by atoms with Crippen LogP contribution in [-0.2, 0) is 10.8 Å². The quantitative estimate of drug-likeness (QED) is 0.177. The van der Waals surface area contributed by atoms with Crippen LogP contribution in [0.4, 0.5) is 0 Å². The van der Waals surface area contributed by atoms with Gasteiger partial charge in [0.2, 0.25) is 0 Å². The van der Waals surface area contributed by atoms with Crippen LogP contribution >= 0.6 is 0 Å². The lowest BCUT2D eigenvalue weighted by Crippen LogP contribution is -2.28. The van der Waals surface area contributed by atoms with Crippen molar-refractivity contribution in [1.29, 1.82) is 0 Å². The van der Waals surface area contributed by atoms with Gasteiger partial charge in [0.1, 0.15) is 0 Å². The largest absolute Gasteiger partial charge is 0.228 e. The minimum absolute atomic E-state index is 0.112. The van der Waals surface area contributed by atoms with Gasteiger partial charge in [0.25, 0.3) is 0 Å². The van der Waals surface area contributed by atoms with E-state index in [2.05, 4.69) is 208 Å². The molecule has 0 aliphatic heterocycles. The summed E-state index contributed by atoms with van der Waals surface area (Å²) >= 11 is 0. The molecule has 1 heterocycles. The monoisotopic (exact) mass is 714 g/mol. The molecule has 0 atom stereocenters. The van der Waals surface area contributed by atoms with Crippen molar-refractivity contribution in [2.24, 2.45) is 0 Å². The summed E-state index contributed by atoms with van der Waals surface area (Å²) < 4.78 is 0. The highest BCUT2D eigenvalue weighted by atomic mass is 14.9. The molecule has 11 rings (SSSR count). The van der Waals surface area contributed by atoms with Gasteiger partial charge in [-0.05, 0) is 85.0 Å². The Morgan fingerprint density at radius 2 is 0.929 bits per heavy atom. The van der Waals surface area contributed by atoms with Crippen molar-refractivity contribution in [2.75, 3.05) is 0 Å². The van der Waals surface area contributed by atoms with E-state index in [9.17, 15) is 0 Å². The van der Waals surface area contributed by atoms with Crippen LogP contribution in [-0.4, -0.2) is 9.97 Å². The Bertz CT molecular complexity index is 2940. The van der Waals surface area contributed by atoms with Crippen LogP contribution in [0, 0.1) is 0 Å². The molecule has 2 heteroatoms. The Morgan fingerprint density at radius 1 is 0.375 bits per heavy atom. The van der Waals surface area contributed by atoms with Gasteiger partial charge in [0.15, 0.2) is 5.82 Å². The van der Waals surface area contributed by atoms with Crippen molar-refractivity contribution in [2.45, 2.75) is 24.7 Å². The molecular formula is C54H38N2. The number of fused-ring (bicyclic) bond motifs is 8. The molecule has 0 amide bonds. The highest BCUT2D eigenvalue weighted by Gasteiger charge is 2.46. The van der Waals surface area contributed by atoms with E-state index in [1.807, 2.05) is 0 Å². The van der Waals surface area contributed by atoms with E-state index < -0.39 is 5.41 Å². The number of hydrogen-bond acceptors (Lipinski definition) is 2. The average molecular weight is 715 g/mol. The Balaban J connectivity index is 1.09. The summed E-state index contributed by atoms with van der Waals surface area (Å²) in [7, 11) is 0. The van der Waals surface area contributed by atoms with Gasteiger partial charge in [-0.25, -0.2) is 9.97 Å². The molecule has 9 aromatic rings. The molecule has 1 aromatic heterocycles. The Labute approximate surface area is 327 Å². The van der Waals surface area contributed by atoms with E-state index in [-0.39, 0.29) is 5.41 Å². The van der Waals surface area contributed by atoms with E-state index in [4.69, 9.17) is 9.97 Å². The molecule has 0 spiro atoms. The molecule has 0 saturated heterocycles. The van der Waals surface area contributed by atoms with Crippen LogP contribution in [0.5, 0.6) is 0 Å². The second kappa shape index (κ2) is 12.3. The standard InChI is InChI=1S/C54H38N2/c1-53(2)44-27-14-13-26-42(44)49-47(53)31-32-48-50(49)51(35-17-6-3-7-18-35)56-52(55-48)38-20-16-19-36(33-38)37-29-30-46-43(34-37)41-25-12-15-28-45(41)54(46,39-21-8-4-9-22-39)40-23-10-5-11-24-40/h3-34H,1-2H3. The molecule has 2 aliphatic rings. The first-order valence-corrected chi connectivity index (χ1v) is 19.5. The van der Waals surface area contributed by atoms with Crippen LogP contribution < -0.4 is 0 Å². The average Bonchev–Trinajstić information content (AvgIpc) is 3.69. The minimum atomic E-state index is -0.419. The summed E-state index contributed by atoms with van der Waals surface area (Å²) in [6.45, 7) is 4.65. The second-order valence-corrected chi connectivity index (χ2v) is 15.7. The summed E-state index contributed by atoms with van der Waals surface area (Å²) in [6.07, 6.45) is 0. The summed E-state index contributed by atoms with van der Waals surface area (Å²) in [5, 5.41) is 1.12. The molecular weight excluding hydrogens is 677 g/mol. The zero-order chi connectivity index (χ0) is 37.4. The highest BCUT2D eigenvalue weighted by Crippen LogP contribution is 2.57. The Kier molecular flexibility index (Phi) is 7.15. The molecule has 0 radical (unpaired) electrons. The van der Waals surface area contributed by atoms with Gasteiger partial charge in [-0.2, -0.15) is 0 Å². The van der Waals surface area contributed by atoms with E-state index >= 15 is 0 Å². The zero-order valence-electron chi connectivity index (χ0n) is 31.4. The second-order valence-electron chi connectivity index (χ2n) is 15.7. The first-order valence-electron chi connectivity index (χ1n) is 19.5. The lowest BCUT2D eigenvalue weighted by Gasteiger charge is -2.33. The van der Waals surface area contributed by atoms with Crippen molar-refractivity contribution in [3.05, 3.63) is 228 Å². The summed E-state index contributed by atoms with van der Waals surface area (Å²) in [4.78, 5) is 10.8. The van der Waals surface area contributed by atoms with Crippen LogP contribution in [0.25, 0.3) is 66.9 Å². The maximum atomic E-state index is 5.44. The first kappa shape index (κ1) is 32.5. The minimum Gasteiger partial charge on any atom is -0.228 e. The predicted octanol–water partition coefficient (Wildman–Crippen LogP) is 13.3. The molecule has 0 unspecified atom stereocenters. The predicted molar refractivity (Wildman–Crippen MR) is 231 cm³/mol. The Morgan fingerprint density at radius 3 is 1.66 bits per heavy atom. The maximum absolute atomic E-state index is 5.44. The summed E-state index contributed by atoms with van der Waals surface area (Å²) in [5.41, 5.74) is 18.7. The fourth-order valence-electron chi connectivity index (χ4n) is 9.82. The van der Waals surface area contributed by atoms with Crippen molar-refractivity contribution in [3.8, 4) is 56.0 Å². The molecule has 0 saturated carbocycles. The molecule has 2 aliphatic carbocycles. The topological polar surface area (TPSA) is 25.8 Å². The molecule has 0 fully saturated rings. The number of rotatable bonds is 5. The van der Waals surface area contributed by atoms with Crippen molar-refractivity contribution in [3.63, 3.8) is 0 Å². The zero-order valence-corrected chi connectivity index (χ0v) is 31.4. The van der Waals surface area contributed by atoms with Crippen LogP contribution in [0.3, 0.4) is 0 Å². The first-order chi connectivity index (χ1) is 27.5. The summed E-state index contributed by atoms with van der Waals surface area (Å²) in [5.74, 6) is 0.724. The van der Waals surface area contributed by atoms with Gasteiger partial charge in [0.05, 0.1) is 16.6 Å². The van der Waals surface area contributed by atoms with Crippen molar-refractivity contribution >= 4 is 10.9 Å². The Hall–Kier alpha value is -6.90. The van der Waals surface area contributed by atoms with Crippen LogP contribution in [0.15, 0.2) is 194 Å². The van der Waals surface area contributed by atoms with Gasteiger partial charge in [-0.3, -0.25) is 0 Å². The lowest BCUT2D eigenvalue weighted by molar-refractivity contribution is 0.661. The highest BCUT2D eigenvalue weighted by molar-refractivity contribution is 6.08. The van der Waals surface area contributed by atoms with E-state index in [1.165, 1.54) is 55.6 Å². The fraction of sp³-hybridized carbons (Fsp3) is 0.0741. The van der Waals surface area contributed by atoms with Gasteiger partial charge in [-0.15, -0.1) is 0 Å². The number of benzene rings is 8. The van der Waals surface area contributed by atoms with Crippen LogP contribution in [0.2, 0.25) is 0 Å². The number of nitrogens with zero attached hydrogens (tertiary/aromatic N) is 2. The molecule has 56 heavy (non-hydrogen) atoms. The van der Waals surface area contributed by atoms with E-state index in [0.717, 1.165) is 44.7 Å². The van der Waals surface area contributed by atoms with Gasteiger partial charge >= 0.3 is 0 Å². The number of hydrogen-bond donors (Lipinski definition) is 0. The smallest absolute Gasteiger partial charge is 0.160 e. The third kappa shape index (κ3) is 4.63. The van der Waals surface area contributed by atoms with Crippen molar-refractivity contribution in [1.82, 2.24) is 9.97 Å². The molecule has 0 bridgehead atoms. The summed E-state index contributed by atoms with van der Waals surface area (Å²) in [6, 6.07) is 70.6.